The summed E-state index contributed by atoms with van der Waals surface area (Å²) in [5.41, 5.74) is 4.83. The molecule has 1 heterocycles. The SMILES string of the molecule is O=C(NCc1cccc(-c2ccc(Cc3sc(=O)[nH]c3O)cc2)c1)Nc1ccccc1. The Morgan fingerprint density at radius 3 is 2.39 bits per heavy atom. The van der Waals surface area contributed by atoms with Gasteiger partial charge in [0.15, 0.2) is 0 Å². The van der Waals surface area contributed by atoms with E-state index >= 15 is 0 Å². The molecule has 4 rings (SSSR count). The number of amides is 2. The molecule has 0 saturated carbocycles. The lowest BCUT2D eigenvalue weighted by Gasteiger charge is -2.09. The van der Waals surface area contributed by atoms with Crippen LogP contribution in [0.2, 0.25) is 0 Å². The van der Waals surface area contributed by atoms with Gasteiger partial charge in [-0.1, -0.05) is 72.0 Å². The second kappa shape index (κ2) is 9.32. The second-order valence-electron chi connectivity index (χ2n) is 7.03. The number of anilines is 1. The minimum absolute atomic E-state index is 0.0596. The lowest BCUT2D eigenvalue weighted by atomic mass is 10.0. The largest absolute Gasteiger partial charge is 0.494 e. The first-order chi connectivity index (χ1) is 15.1. The van der Waals surface area contributed by atoms with Crippen molar-refractivity contribution in [1.29, 1.82) is 0 Å². The van der Waals surface area contributed by atoms with Crippen LogP contribution in [0.5, 0.6) is 5.88 Å². The molecule has 0 atom stereocenters. The van der Waals surface area contributed by atoms with Gasteiger partial charge in [-0.15, -0.1) is 0 Å². The highest BCUT2D eigenvalue weighted by molar-refractivity contribution is 7.09. The van der Waals surface area contributed by atoms with E-state index in [9.17, 15) is 14.7 Å². The zero-order valence-electron chi connectivity index (χ0n) is 16.6. The third-order valence-electron chi connectivity index (χ3n) is 4.76. The van der Waals surface area contributed by atoms with Crippen molar-refractivity contribution in [2.24, 2.45) is 0 Å². The number of aromatic amines is 1. The number of H-pyrrole nitrogens is 1. The van der Waals surface area contributed by atoms with Crippen LogP contribution in [-0.4, -0.2) is 16.1 Å². The number of thiazole rings is 1. The Morgan fingerprint density at radius 1 is 0.903 bits per heavy atom. The van der Waals surface area contributed by atoms with E-state index in [0.29, 0.717) is 17.8 Å². The Kier molecular flexibility index (Phi) is 6.14. The van der Waals surface area contributed by atoms with Gasteiger partial charge < -0.3 is 15.7 Å². The summed E-state index contributed by atoms with van der Waals surface area (Å²) in [6.07, 6.45) is 0.496. The third-order valence-corrected chi connectivity index (χ3v) is 5.64. The normalized spacial score (nSPS) is 10.6. The van der Waals surface area contributed by atoms with E-state index in [-0.39, 0.29) is 16.8 Å². The molecule has 0 saturated heterocycles. The Bertz CT molecular complexity index is 1230. The summed E-state index contributed by atoms with van der Waals surface area (Å²) in [6, 6.07) is 25.0. The minimum atomic E-state index is -0.257. The van der Waals surface area contributed by atoms with Crippen LogP contribution in [0.25, 0.3) is 11.1 Å². The molecule has 0 aliphatic carbocycles. The van der Waals surface area contributed by atoms with Crippen molar-refractivity contribution in [2.75, 3.05) is 5.32 Å². The number of nitrogens with one attached hydrogen (secondary N) is 3. The van der Waals surface area contributed by atoms with Crippen molar-refractivity contribution >= 4 is 23.1 Å². The number of benzene rings is 3. The summed E-state index contributed by atoms with van der Waals surface area (Å²) >= 11 is 1.02. The summed E-state index contributed by atoms with van der Waals surface area (Å²) < 4.78 is 0. The highest BCUT2D eigenvalue weighted by Gasteiger charge is 2.08. The van der Waals surface area contributed by atoms with Gasteiger partial charge in [0.1, 0.15) is 0 Å². The van der Waals surface area contributed by atoms with Gasteiger partial charge in [-0.2, -0.15) is 0 Å². The fourth-order valence-corrected chi connectivity index (χ4v) is 3.97. The van der Waals surface area contributed by atoms with E-state index in [1.54, 1.807) is 0 Å². The van der Waals surface area contributed by atoms with Crippen LogP contribution in [0, 0.1) is 0 Å². The number of rotatable bonds is 6. The van der Waals surface area contributed by atoms with Gasteiger partial charge in [-0.25, -0.2) is 4.79 Å². The zero-order chi connectivity index (χ0) is 21.6. The third kappa shape index (κ3) is 5.40. The molecule has 2 amide bonds. The Morgan fingerprint density at radius 2 is 1.68 bits per heavy atom. The molecule has 0 aliphatic rings. The van der Waals surface area contributed by atoms with Crippen molar-refractivity contribution in [3.63, 3.8) is 0 Å². The molecule has 0 fully saturated rings. The average Bonchev–Trinajstić information content (AvgIpc) is 3.10. The smallest absolute Gasteiger partial charge is 0.319 e. The fourth-order valence-electron chi connectivity index (χ4n) is 3.21. The van der Waals surface area contributed by atoms with Crippen LogP contribution < -0.4 is 15.5 Å². The van der Waals surface area contributed by atoms with Gasteiger partial charge in [-0.3, -0.25) is 9.78 Å². The molecular weight excluding hydrogens is 410 g/mol. The van der Waals surface area contributed by atoms with Gasteiger partial charge in [0.25, 0.3) is 0 Å². The van der Waals surface area contributed by atoms with E-state index < -0.39 is 0 Å². The fraction of sp³-hybridized carbons (Fsp3) is 0.0833. The summed E-state index contributed by atoms with van der Waals surface area (Å²) in [5.74, 6) is -0.0596. The molecule has 0 aliphatic heterocycles. The topological polar surface area (TPSA) is 94.2 Å². The molecule has 6 nitrogen and oxygen atoms in total. The number of urea groups is 1. The van der Waals surface area contributed by atoms with Gasteiger partial charge in [0.05, 0.1) is 4.88 Å². The Balaban J connectivity index is 1.39. The molecule has 1 aromatic heterocycles. The Labute approximate surface area is 183 Å². The molecule has 7 heteroatoms. The van der Waals surface area contributed by atoms with Crippen molar-refractivity contribution in [1.82, 2.24) is 10.3 Å². The van der Waals surface area contributed by atoms with Gasteiger partial charge in [-0.05, 0) is 40.5 Å². The van der Waals surface area contributed by atoms with Gasteiger partial charge in [0, 0.05) is 18.7 Å². The molecule has 3 aromatic carbocycles. The Hall–Kier alpha value is -3.84. The monoisotopic (exact) mass is 431 g/mol. The molecule has 0 spiro atoms. The van der Waals surface area contributed by atoms with Crippen molar-refractivity contribution in [2.45, 2.75) is 13.0 Å². The molecule has 31 heavy (non-hydrogen) atoms. The van der Waals surface area contributed by atoms with Crippen molar-refractivity contribution in [3.8, 4) is 17.0 Å². The van der Waals surface area contributed by atoms with Crippen molar-refractivity contribution in [3.05, 3.63) is 105 Å². The predicted octanol–water partition coefficient (Wildman–Crippen LogP) is 4.72. The number of para-hydroxylation sites is 1. The highest BCUT2D eigenvalue weighted by Crippen LogP contribution is 2.24. The summed E-state index contributed by atoms with van der Waals surface area (Å²) in [6.45, 7) is 0.413. The minimum Gasteiger partial charge on any atom is -0.494 e. The number of carbonyl (C=O) groups is 1. The first-order valence-corrected chi connectivity index (χ1v) is 10.6. The zero-order valence-corrected chi connectivity index (χ0v) is 17.4. The maximum Gasteiger partial charge on any atom is 0.319 e. The molecule has 4 N–H and O–H groups in total. The van der Waals surface area contributed by atoms with E-state index in [1.807, 2.05) is 78.9 Å². The summed E-state index contributed by atoms with van der Waals surface area (Å²) in [5, 5.41) is 15.4. The van der Waals surface area contributed by atoms with Gasteiger partial charge >= 0.3 is 10.9 Å². The van der Waals surface area contributed by atoms with Crippen LogP contribution in [-0.2, 0) is 13.0 Å². The molecule has 0 unspecified atom stereocenters. The molecule has 156 valence electrons. The van der Waals surface area contributed by atoms with Crippen molar-refractivity contribution < 1.29 is 9.90 Å². The van der Waals surface area contributed by atoms with Crippen LogP contribution in [0.4, 0.5) is 10.5 Å². The van der Waals surface area contributed by atoms with Crippen LogP contribution >= 0.6 is 11.3 Å². The quantitative estimate of drug-likeness (QED) is 0.356. The highest BCUT2D eigenvalue weighted by atomic mass is 32.1. The molecule has 4 aromatic rings. The van der Waals surface area contributed by atoms with E-state index in [1.165, 1.54) is 0 Å². The number of hydrogen-bond acceptors (Lipinski definition) is 4. The standard InChI is InChI=1S/C24H21N3O3S/c28-22-21(31-24(30)27-22)14-16-9-11-18(12-10-16)19-6-4-5-17(13-19)15-25-23(29)26-20-7-2-1-3-8-20/h1-13,28H,14-15H2,(H,27,30)(H2,25,26,29). The van der Waals surface area contributed by atoms with Gasteiger partial charge in [0.2, 0.25) is 5.88 Å². The molecule has 0 bridgehead atoms. The average molecular weight is 432 g/mol. The summed E-state index contributed by atoms with van der Waals surface area (Å²) in [7, 11) is 0. The van der Waals surface area contributed by atoms with E-state index in [2.05, 4.69) is 15.6 Å². The van der Waals surface area contributed by atoms with Crippen LogP contribution in [0.1, 0.15) is 16.0 Å². The maximum absolute atomic E-state index is 12.1. The lowest BCUT2D eigenvalue weighted by Crippen LogP contribution is -2.28. The predicted molar refractivity (Wildman–Crippen MR) is 124 cm³/mol. The van der Waals surface area contributed by atoms with Crippen LogP contribution in [0.3, 0.4) is 0 Å². The number of aromatic hydroxyl groups is 1. The molecular formula is C24H21N3O3S. The second-order valence-corrected chi connectivity index (χ2v) is 8.10. The lowest BCUT2D eigenvalue weighted by molar-refractivity contribution is 0.251. The first kappa shape index (κ1) is 20.4. The number of carbonyl (C=O) groups excluding carboxylic acids is 1. The summed E-state index contributed by atoms with van der Waals surface area (Å²) in [4.78, 5) is 26.2. The van der Waals surface area contributed by atoms with E-state index in [0.717, 1.165) is 39.3 Å². The first-order valence-electron chi connectivity index (χ1n) is 9.76. The maximum atomic E-state index is 12.1. The molecule has 0 radical (unpaired) electrons. The van der Waals surface area contributed by atoms with Crippen LogP contribution in [0.15, 0.2) is 83.7 Å². The van der Waals surface area contributed by atoms with E-state index in [4.69, 9.17) is 0 Å². The number of hydrogen-bond donors (Lipinski definition) is 4. The number of aromatic nitrogens is 1.